The van der Waals surface area contributed by atoms with Crippen LogP contribution >= 0.6 is 0 Å². The highest BCUT2D eigenvalue weighted by molar-refractivity contribution is 5.84. The van der Waals surface area contributed by atoms with Crippen molar-refractivity contribution in [2.45, 2.75) is 89.3 Å². The Morgan fingerprint density at radius 1 is 1.26 bits per heavy atom. The number of aliphatic hydroxyl groups is 1. The summed E-state index contributed by atoms with van der Waals surface area (Å²) < 4.78 is 57.5. The highest BCUT2D eigenvalue weighted by Crippen LogP contribution is 2.43. The molecular formula is C27H37F3N8O5. The third kappa shape index (κ3) is 6.13. The largest absolute Gasteiger partial charge is 0.490 e. The van der Waals surface area contributed by atoms with E-state index in [9.17, 15) is 23.1 Å². The van der Waals surface area contributed by atoms with Gasteiger partial charge in [-0.1, -0.05) is 25.9 Å². The second-order valence-corrected chi connectivity index (χ2v) is 11.1. The normalized spacial score (nSPS) is 24.5. The van der Waals surface area contributed by atoms with E-state index in [4.69, 9.17) is 24.0 Å². The Kier molecular flexibility index (Phi) is 8.81. The van der Waals surface area contributed by atoms with E-state index in [0.717, 1.165) is 19.3 Å². The number of fused-ring (bicyclic) bond motifs is 1. The van der Waals surface area contributed by atoms with Gasteiger partial charge < -0.3 is 34.2 Å². The van der Waals surface area contributed by atoms with E-state index in [-0.39, 0.29) is 23.5 Å². The molecule has 2 fully saturated rings. The van der Waals surface area contributed by atoms with Gasteiger partial charge in [0.1, 0.15) is 6.10 Å². The Morgan fingerprint density at radius 3 is 2.60 bits per heavy atom. The number of esters is 1. The van der Waals surface area contributed by atoms with Crippen molar-refractivity contribution in [2.24, 2.45) is 0 Å². The first-order valence-electron chi connectivity index (χ1n) is 14.4. The van der Waals surface area contributed by atoms with Crippen molar-refractivity contribution in [3.63, 3.8) is 0 Å². The predicted molar refractivity (Wildman–Crippen MR) is 148 cm³/mol. The molecule has 2 aliphatic rings. The molecule has 5 heterocycles. The third-order valence-electron chi connectivity index (χ3n) is 8.10. The molecule has 16 heteroatoms. The molecule has 0 radical (unpaired) electrons. The van der Waals surface area contributed by atoms with Crippen molar-refractivity contribution >= 4 is 28.9 Å². The molecule has 0 bridgehead atoms. The summed E-state index contributed by atoms with van der Waals surface area (Å²) in [5.74, 6) is -1.50. The van der Waals surface area contributed by atoms with E-state index in [0.29, 0.717) is 42.5 Å². The SMILES string of the molecule is CCc1cc([C@H]2O[C@@H](n3cnc4c(NC(CC)CC)nc(N5CC[C@@H](N(C)C)C5)nc43)[C@H](OC(=O)C(F)(F)F)[C@@H]2O)on1. The van der Waals surface area contributed by atoms with E-state index < -0.39 is 36.7 Å². The fourth-order valence-electron chi connectivity index (χ4n) is 5.42. The molecular weight excluding hydrogens is 573 g/mol. The molecule has 5 atom stereocenters. The number of alkyl halides is 3. The van der Waals surface area contributed by atoms with Gasteiger partial charge in [0.15, 0.2) is 41.2 Å². The van der Waals surface area contributed by atoms with Gasteiger partial charge in [0.2, 0.25) is 5.95 Å². The van der Waals surface area contributed by atoms with Crippen LogP contribution in [0.2, 0.25) is 0 Å². The topological polar surface area (TPSA) is 144 Å². The van der Waals surface area contributed by atoms with Crippen LogP contribution in [-0.4, -0.2) is 98.3 Å². The second kappa shape index (κ2) is 12.2. The van der Waals surface area contributed by atoms with E-state index in [2.05, 4.69) is 20.4 Å². The first kappa shape index (κ1) is 30.9. The first-order valence-corrected chi connectivity index (χ1v) is 14.4. The number of nitrogens with zero attached hydrogens (tertiary/aromatic N) is 7. The minimum absolute atomic E-state index is 0.0813. The Hall–Kier alpha value is -3.50. The molecule has 43 heavy (non-hydrogen) atoms. The average Bonchev–Trinajstić information content (AvgIpc) is 3.77. The van der Waals surface area contributed by atoms with Gasteiger partial charge in [-0.2, -0.15) is 23.1 Å². The van der Waals surface area contributed by atoms with E-state index in [1.807, 2.05) is 39.8 Å². The number of halogens is 3. The maximum atomic E-state index is 13.3. The molecule has 2 N–H and O–H groups in total. The molecule has 13 nitrogen and oxygen atoms in total. The molecule has 0 saturated carbocycles. The number of likely N-dealkylation sites (N-methyl/N-ethyl adjacent to an activating group) is 1. The van der Waals surface area contributed by atoms with Gasteiger partial charge in [0, 0.05) is 31.2 Å². The van der Waals surface area contributed by atoms with Crippen LogP contribution in [0.15, 0.2) is 16.9 Å². The molecule has 0 amide bonds. The van der Waals surface area contributed by atoms with Crippen LogP contribution in [0.4, 0.5) is 24.9 Å². The van der Waals surface area contributed by atoms with Crippen LogP contribution in [0.1, 0.15) is 63.8 Å². The van der Waals surface area contributed by atoms with Crippen LogP contribution in [0.25, 0.3) is 11.2 Å². The number of rotatable bonds is 10. The summed E-state index contributed by atoms with van der Waals surface area (Å²) in [7, 11) is 4.01. The average molecular weight is 611 g/mol. The van der Waals surface area contributed by atoms with Crippen molar-refractivity contribution in [1.29, 1.82) is 0 Å². The standard InChI is InChI=1S/C27H37F3N8O5/c1-6-14(7-2)32-22-18-23(34-26(33-22)37-10-9-16(12-37)36(4)5)38(13-31-18)24-21(42-25(40)27(28,29)30)19(39)20(41-24)17-11-15(8-3)35-43-17/h11,13-14,16,19-21,24,39H,6-10,12H2,1-5H3,(H,32,33,34)/t16-,19-,20-,21-,24-/m1/s1. The minimum Gasteiger partial charge on any atom is -0.448 e. The zero-order valence-electron chi connectivity index (χ0n) is 24.7. The third-order valence-corrected chi connectivity index (χ3v) is 8.10. The summed E-state index contributed by atoms with van der Waals surface area (Å²) in [6.45, 7) is 7.30. The Balaban J connectivity index is 1.59. The lowest BCUT2D eigenvalue weighted by Crippen LogP contribution is -2.38. The lowest BCUT2D eigenvalue weighted by molar-refractivity contribution is -0.211. The van der Waals surface area contributed by atoms with Gasteiger partial charge in [-0.25, -0.2) is 9.78 Å². The Morgan fingerprint density at radius 2 is 2.00 bits per heavy atom. The number of hydrogen-bond acceptors (Lipinski definition) is 12. The number of aromatic nitrogens is 5. The monoisotopic (exact) mass is 610 g/mol. The second-order valence-electron chi connectivity index (χ2n) is 11.1. The van der Waals surface area contributed by atoms with E-state index >= 15 is 0 Å². The maximum Gasteiger partial charge on any atom is 0.490 e. The van der Waals surface area contributed by atoms with Gasteiger partial charge >= 0.3 is 12.1 Å². The zero-order chi connectivity index (χ0) is 31.1. The van der Waals surface area contributed by atoms with E-state index in [1.54, 1.807) is 0 Å². The predicted octanol–water partition coefficient (Wildman–Crippen LogP) is 3.22. The van der Waals surface area contributed by atoms with Crippen molar-refractivity contribution in [3.05, 3.63) is 23.8 Å². The number of aryl methyl sites for hydroxylation is 1. The molecule has 0 aromatic carbocycles. The number of nitrogens with one attached hydrogen (secondary N) is 1. The van der Waals surface area contributed by atoms with Crippen LogP contribution in [0.5, 0.6) is 0 Å². The number of ether oxygens (including phenoxy) is 2. The summed E-state index contributed by atoms with van der Waals surface area (Å²) >= 11 is 0. The molecule has 3 aromatic rings. The highest BCUT2D eigenvalue weighted by Gasteiger charge is 2.53. The Bertz CT molecular complexity index is 1430. The van der Waals surface area contributed by atoms with Gasteiger partial charge in [0.05, 0.1) is 12.0 Å². The summed E-state index contributed by atoms with van der Waals surface area (Å²) in [6, 6.07) is 1.91. The smallest absolute Gasteiger partial charge is 0.448 e. The number of anilines is 2. The zero-order valence-corrected chi connectivity index (χ0v) is 24.7. The first-order chi connectivity index (χ1) is 20.4. The Labute approximate surface area is 246 Å². The van der Waals surface area contributed by atoms with Gasteiger partial charge in [-0.15, -0.1) is 0 Å². The van der Waals surface area contributed by atoms with E-state index in [1.165, 1.54) is 17.0 Å². The van der Waals surface area contributed by atoms with Crippen molar-refractivity contribution in [3.8, 4) is 0 Å². The number of aliphatic hydroxyl groups excluding tert-OH is 1. The van der Waals surface area contributed by atoms with Crippen LogP contribution < -0.4 is 10.2 Å². The van der Waals surface area contributed by atoms with Crippen molar-refractivity contribution < 1.29 is 37.1 Å². The fourth-order valence-corrected chi connectivity index (χ4v) is 5.42. The van der Waals surface area contributed by atoms with Crippen molar-refractivity contribution in [1.82, 2.24) is 29.6 Å². The fraction of sp³-hybridized carbons (Fsp3) is 0.667. The number of hydrogen-bond donors (Lipinski definition) is 2. The van der Waals surface area contributed by atoms with Crippen LogP contribution in [0.3, 0.4) is 0 Å². The van der Waals surface area contributed by atoms with Gasteiger partial charge in [-0.3, -0.25) is 4.57 Å². The molecule has 236 valence electrons. The van der Waals surface area contributed by atoms with Crippen LogP contribution in [0, 0.1) is 0 Å². The number of carbonyl (C=O) groups excluding carboxylic acids is 1. The number of carbonyl (C=O) groups is 1. The van der Waals surface area contributed by atoms with Gasteiger partial charge in [-0.05, 0) is 39.8 Å². The van der Waals surface area contributed by atoms with Gasteiger partial charge in [0.25, 0.3) is 0 Å². The molecule has 2 aliphatic heterocycles. The summed E-state index contributed by atoms with van der Waals surface area (Å²) in [4.78, 5) is 30.2. The molecule has 2 saturated heterocycles. The number of imidazole rings is 1. The molecule has 0 unspecified atom stereocenters. The summed E-state index contributed by atoms with van der Waals surface area (Å²) in [6.07, 6.45) is -7.10. The summed E-state index contributed by atoms with van der Waals surface area (Å²) in [5, 5.41) is 18.5. The maximum absolute atomic E-state index is 13.3. The van der Waals surface area contributed by atoms with Crippen molar-refractivity contribution in [2.75, 3.05) is 37.4 Å². The minimum atomic E-state index is -5.29. The molecule has 0 spiro atoms. The highest BCUT2D eigenvalue weighted by atomic mass is 19.4. The lowest BCUT2D eigenvalue weighted by Gasteiger charge is -2.24. The molecule has 0 aliphatic carbocycles. The molecule has 5 rings (SSSR count). The quantitative estimate of drug-likeness (QED) is 0.325. The lowest BCUT2D eigenvalue weighted by atomic mass is 10.1. The molecule has 3 aromatic heterocycles. The van der Waals surface area contributed by atoms with Crippen LogP contribution in [-0.2, 0) is 20.7 Å². The summed E-state index contributed by atoms with van der Waals surface area (Å²) in [5.41, 5.74) is 1.15.